The van der Waals surface area contributed by atoms with Crippen molar-refractivity contribution in [1.82, 2.24) is 0 Å². The normalized spacial score (nSPS) is 14.7. The maximum Gasteiger partial charge on any atom is 0.472 e. The fourth-order valence-corrected chi connectivity index (χ4v) is 5.79. The Morgan fingerprint density at radius 1 is 0.640 bits per heavy atom. The van der Waals surface area contributed by atoms with Crippen LogP contribution in [0.4, 0.5) is 0 Å². The SMILES string of the molecule is CC/C=C\C/C=C\C/C=C\CCCCCCCCCCOCC(COP(=O)(O)OCC(O)CO)OC(=O)CCCCCCC/C=C\CCCC. The fourth-order valence-electron chi connectivity index (χ4n) is 5.00. The van der Waals surface area contributed by atoms with Gasteiger partial charge in [-0.3, -0.25) is 13.8 Å². The summed E-state index contributed by atoms with van der Waals surface area (Å²) in [6.07, 6.45) is 39.3. The molecule has 10 heteroatoms. The van der Waals surface area contributed by atoms with Crippen molar-refractivity contribution in [2.24, 2.45) is 0 Å². The molecule has 0 aliphatic heterocycles. The number of unbranched alkanes of at least 4 members (excludes halogenated alkanes) is 15. The molecule has 0 aromatic rings. The summed E-state index contributed by atoms with van der Waals surface area (Å²) < 4.78 is 33.2. The molecular formula is C40H73O9P. The van der Waals surface area contributed by atoms with E-state index in [2.05, 4.69) is 62.5 Å². The lowest BCUT2D eigenvalue weighted by molar-refractivity contribution is -0.154. The summed E-state index contributed by atoms with van der Waals surface area (Å²) in [5.41, 5.74) is 0. The summed E-state index contributed by atoms with van der Waals surface area (Å²) in [5.74, 6) is -0.398. The molecule has 9 nitrogen and oxygen atoms in total. The molecule has 0 heterocycles. The molecular weight excluding hydrogens is 655 g/mol. The molecule has 0 radical (unpaired) electrons. The lowest BCUT2D eigenvalue weighted by atomic mass is 10.1. The van der Waals surface area contributed by atoms with Crippen molar-refractivity contribution in [3.05, 3.63) is 48.6 Å². The molecule has 0 rings (SSSR count). The second-order valence-corrected chi connectivity index (χ2v) is 14.4. The largest absolute Gasteiger partial charge is 0.472 e. The predicted octanol–water partition coefficient (Wildman–Crippen LogP) is 10.2. The lowest BCUT2D eigenvalue weighted by Gasteiger charge is -2.20. The van der Waals surface area contributed by atoms with Crippen LogP contribution in [0.25, 0.3) is 0 Å². The number of rotatable bonds is 37. The highest BCUT2D eigenvalue weighted by molar-refractivity contribution is 7.47. The molecule has 3 unspecified atom stereocenters. The number of allylic oxidation sites excluding steroid dienone is 8. The highest BCUT2D eigenvalue weighted by Gasteiger charge is 2.26. The van der Waals surface area contributed by atoms with Crippen LogP contribution in [0.1, 0.15) is 155 Å². The van der Waals surface area contributed by atoms with Gasteiger partial charge in [-0.15, -0.1) is 0 Å². The first-order valence-electron chi connectivity index (χ1n) is 19.6. The molecule has 292 valence electrons. The molecule has 0 saturated carbocycles. The van der Waals surface area contributed by atoms with E-state index in [0.29, 0.717) is 13.0 Å². The molecule has 3 N–H and O–H groups in total. The van der Waals surface area contributed by atoms with Crippen molar-refractivity contribution in [2.75, 3.05) is 33.0 Å². The zero-order valence-electron chi connectivity index (χ0n) is 31.6. The first kappa shape index (κ1) is 48.4. The summed E-state index contributed by atoms with van der Waals surface area (Å²) in [5, 5.41) is 18.3. The van der Waals surface area contributed by atoms with Crippen LogP contribution in [0, 0.1) is 0 Å². The van der Waals surface area contributed by atoms with E-state index in [9.17, 15) is 19.4 Å². The fraction of sp³-hybridized carbons (Fsp3) is 0.775. The third-order valence-corrected chi connectivity index (χ3v) is 8.95. The Labute approximate surface area is 305 Å². The molecule has 0 amide bonds. The zero-order valence-corrected chi connectivity index (χ0v) is 32.5. The number of hydrogen-bond donors (Lipinski definition) is 3. The van der Waals surface area contributed by atoms with Gasteiger partial charge in [-0.2, -0.15) is 0 Å². The maximum atomic E-state index is 12.5. The van der Waals surface area contributed by atoms with Crippen molar-refractivity contribution < 1.29 is 43.0 Å². The molecule has 0 saturated heterocycles. The number of esters is 1. The summed E-state index contributed by atoms with van der Waals surface area (Å²) in [4.78, 5) is 22.5. The zero-order chi connectivity index (χ0) is 36.8. The quantitative estimate of drug-likeness (QED) is 0.0247. The standard InChI is InChI=1S/C40H73O9P/c1-3-5-7-9-11-13-15-16-17-18-19-20-21-23-25-27-29-31-33-46-36-39(37-48-50(44,45)47-35-38(42)34-41)49-40(43)32-30-28-26-24-22-14-12-10-8-6-4-2/h5,7,10-13,16-17,38-39,41-42H,3-4,6,8-9,14-15,18-37H2,1-2H3,(H,44,45)/b7-5-,12-10-,13-11-,17-16-. The van der Waals surface area contributed by atoms with Crippen LogP contribution >= 0.6 is 7.82 Å². The lowest BCUT2D eigenvalue weighted by Crippen LogP contribution is -2.29. The van der Waals surface area contributed by atoms with Crippen LogP contribution in [-0.4, -0.2) is 66.3 Å². The predicted molar refractivity (Wildman–Crippen MR) is 205 cm³/mol. The van der Waals surface area contributed by atoms with Gasteiger partial charge in [0.1, 0.15) is 12.2 Å². The maximum absolute atomic E-state index is 12.5. The number of carbonyl (C=O) groups is 1. The van der Waals surface area contributed by atoms with E-state index in [4.69, 9.17) is 23.6 Å². The first-order valence-corrected chi connectivity index (χ1v) is 21.1. The van der Waals surface area contributed by atoms with Crippen LogP contribution < -0.4 is 0 Å². The molecule has 0 spiro atoms. The molecule has 0 bridgehead atoms. The van der Waals surface area contributed by atoms with Crippen LogP contribution in [0.3, 0.4) is 0 Å². The molecule has 0 aliphatic carbocycles. The topological polar surface area (TPSA) is 132 Å². The van der Waals surface area contributed by atoms with Crippen molar-refractivity contribution in [1.29, 1.82) is 0 Å². The Morgan fingerprint density at radius 2 is 1.14 bits per heavy atom. The summed E-state index contributed by atoms with van der Waals surface area (Å²) in [6, 6.07) is 0. The van der Waals surface area contributed by atoms with Crippen LogP contribution in [0.2, 0.25) is 0 Å². The molecule has 0 aromatic heterocycles. The van der Waals surface area contributed by atoms with Gasteiger partial charge in [0.25, 0.3) is 0 Å². The number of ether oxygens (including phenoxy) is 2. The van der Waals surface area contributed by atoms with E-state index < -0.39 is 39.2 Å². The van der Waals surface area contributed by atoms with Crippen molar-refractivity contribution in [3.63, 3.8) is 0 Å². The molecule has 0 fully saturated rings. The van der Waals surface area contributed by atoms with E-state index in [1.54, 1.807) is 0 Å². The number of aliphatic hydroxyl groups excluding tert-OH is 2. The van der Waals surface area contributed by atoms with Crippen molar-refractivity contribution in [2.45, 2.75) is 167 Å². The van der Waals surface area contributed by atoms with Gasteiger partial charge >= 0.3 is 13.8 Å². The Hall–Kier alpha value is -1.58. The highest BCUT2D eigenvalue weighted by Crippen LogP contribution is 2.43. The van der Waals surface area contributed by atoms with Gasteiger partial charge in [-0.05, 0) is 64.2 Å². The number of carbonyl (C=O) groups excluding carboxylic acids is 1. The van der Waals surface area contributed by atoms with Crippen LogP contribution in [0.5, 0.6) is 0 Å². The summed E-state index contributed by atoms with van der Waals surface area (Å²) >= 11 is 0. The summed E-state index contributed by atoms with van der Waals surface area (Å²) in [7, 11) is -4.52. The third-order valence-electron chi connectivity index (χ3n) is 8.00. The van der Waals surface area contributed by atoms with Crippen LogP contribution in [-0.2, 0) is 27.9 Å². The minimum Gasteiger partial charge on any atom is -0.457 e. The summed E-state index contributed by atoms with van der Waals surface area (Å²) in [6.45, 7) is 3.32. The van der Waals surface area contributed by atoms with E-state index >= 15 is 0 Å². The Kier molecular flexibility index (Phi) is 36.0. The minimum absolute atomic E-state index is 0.0395. The first-order chi connectivity index (χ1) is 24.3. The van der Waals surface area contributed by atoms with Crippen molar-refractivity contribution in [3.8, 4) is 0 Å². The second kappa shape index (κ2) is 37.2. The average molecular weight is 729 g/mol. The minimum atomic E-state index is -4.52. The van der Waals surface area contributed by atoms with Crippen LogP contribution in [0.15, 0.2) is 48.6 Å². The Bertz CT molecular complexity index is 919. The monoisotopic (exact) mass is 728 g/mol. The number of phosphoric ester groups is 1. The van der Waals surface area contributed by atoms with Gasteiger partial charge in [0.15, 0.2) is 0 Å². The van der Waals surface area contributed by atoms with E-state index in [0.717, 1.165) is 83.5 Å². The van der Waals surface area contributed by atoms with E-state index in [1.165, 1.54) is 44.9 Å². The molecule has 50 heavy (non-hydrogen) atoms. The number of phosphoric acid groups is 1. The van der Waals surface area contributed by atoms with Gasteiger partial charge < -0.3 is 24.6 Å². The van der Waals surface area contributed by atoms with E-state index in [1.807, 2.05) is 0 Å². The molecule has 3 atom stereocenters. The van der Waals surface area contributed by atoms with Gasteiger partial charge in [-0.25, -0.2) is 4.57 Å². The molecule has 0 aromatic carbocycles. The van der Waals surface area contributed by atoms with Gasteiger partial charge in [-0.1, -0.05) is 133 Å². The van der Waals surface area contributed by atoms with E-state index in [-0.39, 0.29) is 19.6 Å². The van der Waals surface area contributed by atoms with Crippen molar-refractivity contribution >= 4 is 13.8 Å². The Morgan fingerprint density at radius 3 is 1.74 bits per heavy atom. The Balaban J connectivity index is 4.20. The molecule has 0 aliphatic rings. The third kappa shape index (κ3) is 36.2. The smallest absolute Gasteiger partial charge is 0.457 e. The van der Waals surface area contributed by atoms with Gasteiger partial charge in [0, 0.05) is 13.0 Å². The number of hydrogen-bond acceptors (Lipinski definition) is 8. The van der Waals surface area contributed by atoms with Gasteiger partial charge in [0.05, 0.1) is 26.4 Å². The highest BCUT2D eigenvalue weighted by atomic mass is 31.2. The second-order valence-electron chi connectivity index (χ2n) is 12.9. The number of aliphatic hydroxyl groups is 2. The van der Waals surface area contributed by atoms with Gasteiger partial charge in [0.2, 0.25) is 0 Å². The average Bonchev–Trinajstić information content (AvgIpc) is 3.10.